The number of aromatic amines is 1. The number of halogens is 1. The monoisotopic (exact) mass is 373 g/mol. The number of H-pyrrole nitrogens is 1. The zero-order valence-corrected chi connectivity index (χ0v) is 13.4. The second-order valence-electron chi connectivity index (χ2n) is 5.38. The number of hydrogen-bond donors (Lipinski definition) is 4. The van der Waals surface area contributed by atoms with Crippen LogP contribution in [0.15, 0.2) is 11.1 Å². The molecule has 1 fully saturated rings. The number of fused-ring (bicyclic) bond motifs is 1. The van der Waals surface area contributed by atoms with Gasteiger partial charge in [0, 0.05) is 6.42 Å². The summed E-state index contributed by atoms with van der Waals surface area (Å²) >= 11 is 0. The molecule has 1 aliphatic rings. The summed E-state index contributed by atoms with van der Waals surface area (Å²) in [7, 11) is -4.75. The highest BCUT2D eigenvalue weighted by molar-refractivity contribution is 7.46. The third-order valence-electron chi connectivity index (χ3n) is 3.61. The van der Waals surface area contributed by atoms with Crippen LogP contribution in [0.5, 0.6) is 0 Å². The molecule has 1 saturated heterocycles. The fourth-order valence-electron chi connectivity index (χ4n) is 2.58. The van der Waals surface area contributed by atoms with Crippen molar-refractivity contribution in [2.45, 2.75) is 24.4 Å². The average Bonchev–Trinajstić information content (AvgIpc) is 3.06. The van der Waals surface area contributed by atoms with Crippen molar-refractivity contribution in [3.63, 3.8) is 0 Å². The molecule has 2 aromatic heterocycles. The molecule has 2 aromatic rings. The number of nitrogen functional groups attached to an aromatic ring is 1. The summed E-state index contributed by atoms with van der Waals surface area (Å²) in [6.07, 6.45) is 3.54. The highest BCUT2D eigenvalue weighted by Crippen LogP contribution is 2.44. The highest BCUT2D eigenvalue weighted by Gasteiger charge is 2.50. The van der Waals surface area contributed by atoms with E-state index >= 15 is 4.39 Å². The van der Waals surface area contributed by atoms with Crippen LogP contribution in [-0.4, -0.2) is 47.7 Å². The van der Waals surface area contributed by atoms with Gasteiger partial charge in [0.15, 0.2) is 17.4 Å². The summed E-state index contributed by atoms with van der Waals surface area (Å²) in [5.41, 5.74) is 2.40. The van der Waals surface area contributed by atoms with E-state index in [2.05, 4.69) is 19.5 Å². The molecular formula is C12H13FN5O6P. The van der Waals surface area contributed by atoms with Gasteiger partial charge in [-0.25, -0.2) is 13.9 Å². The van der Waals surface area contributed by atoms with Crippen LogP contribution in [0.2, 0.25) is 0 Å². The molecule has 0 radical (unpaired) electrons. The molecule has 0 aliphatic carbocycles. The zero-order valence-electron chi connectivity index (χ0n) is 12.5. The topological polar surface area (TPSA) is 166 Å². The highest BCUT2D eigenvalue weighted by atomic mass is 31.2. The summed E-state index contributed by atoms with van der Waals surface area (Å²) in [5.74, 6) is 1.76. The predicted molar refractivity (Wildman–Crippen MR) is 81.8 cm³/mol. The molecule has 134 valence electrons. The van der Waals surface area contributed by atoms with Gasteiger partial charge in [-0.05, 0) is 0 Å². The Hall–Kier alpha value is -2.29. The normalized spacial score (nSPS) is 26.8. The van der Waals surface area contributed by atoms with E-state index in [1.54, 1.807) is 0 Å². The Bertz CT molecular complexity index is 963. The molecule has 11 nitrogen and oxygen atoms in total. The quantitative estimate of drug-likeness (QED) is 0.406. The molecule has 0 saturated carbocycles. The van der Waals surface area contributed by atoms with E-state index in [0.717, 1.165) is 10.9 Å². The fraction of sp³-hybridized carbons (Fsp3) is 0.417. The number of nitrogens with zero attached hydrogens (tertiary/aromatic N) is 3. The molecule has 3 heterocycles. The number of anilines is 1. The molecule has 3 rings (SSSR count). The number of rotatable bonds is 4. The maximum atomic E-state index is 15.1. The molecule has 13 heteroatoms. The Morgan fingerprint density at radius 2 is 2.40 bits per heavy atom. The second kappa shape index (κ2) is 5.91. The van der Waals surface area contributed by atoms with E-state index in [4.69, 9.17) is 26.7 Å². The van der Waals surface area contributed by atoms with E-state index in [9.17, 15) is 9.36 Å². The van der Waals surface area contributed by atoms with Crippen molar-refractivity contribution < 1.29 is 28.0 Å². The van der Waals surface area contributed by atoms with Gasteiger partial charge in [0.25, 0.3) is 5.56 Å². The average molecular weight is 373 g/mol. The fourth-order valence-corrected chi connectivity index (χ4v) is 2.94. The van der Waals surface area contributed by atoms with Gasteiger partial charge in [-0.15, -0.1) is 6.42 Å². The van der Waals surface area contributed by atoms with Crippen molar-refractivity contribution in [3.8, 4) is 12.3 Å². The number of aromatic nitrogens is 4. The first kappa shape index (κ1) is 17.5. The molecule has 1 aliphatic heterocycles. The van der Waals surface area contributed by atoms with Gasteiger partial charge in [0.05, 0.1) is 19.0 Å². The Balaban J connectivity index is 1.97. The van der Waals surface area contributed by atoms with E-state index in [-0.39, 0.29) is 23.5 Å². The molecular weight excluding hydrogens is 360 g/mol. The second-order valence-corrected chi connectivity index (χ2v) is 6.62. The molecule has 0 amide bonds. The van der Waals surface area contributed by atoms with Crippen LogP contribution in [0.3, 0.4) is 0 Å². The minimum absolute atomic E-state index is 0.0416. The third kappa shape index (κ3) is 3.28. The lowest BCUT2D eigenvalue weighted by atomic mass is 10.0. The molecule has 3 atom stereocenters. The molecule has 0 aromatic carbocycles. The number of nitrogens with one attached hydrogen (secondary N) is 1. The van der Waals surface area contributed by atoms with Crippen LogP contribution in [0, 0.1) is 12.3 Å². The van der Waals surface area contributed by atoms with E-state index < -0.39 is 38.0 Å². The van der Waals surface area contributed by atoms with Gasteiger partial charge >= 0.3 is 7.82 Å². The van der Waals surface area contributed by atoms with Crippen LogP contribution in [0.1, 0.15) is 12.6 Å². The minimum atomic E-state index is -4.75. The van der Waals surface area contributed by atoms with Gasteiger partial charge in [0.1, 0.15) is 0 Å². The smallest absolute Gasteiger partial charge is 0.369 e. The standard InChI is InChI=1S/C12H13FN5O6P/c1-2-12(13)3-6(4-23-25(20,21)22)24-10(12)18-5-15-7-8(18)16-11(14)17-9(7)19/h1,5-6,10H,3-4H2,(H2,20,21,22)(H3,14,16,17,19)/t6-,10+,12+/m0/s1. The van der Waals surface area contributed by atoms with Crippen molar-refractivity contribution >= 4 is 24.9 Å². The molecule has 0 unspecified atom stereocenters. The van der Waals surface area contributed by atoms with Gasteiger partial charge in [0.2, 0.25) is 11.6 Å². The summed E-state index contributed by atoms with van der Waals surface area (Å²) in [6.45, 7) is -0.573. The van der Waals surface area contributed by atoms with Crippen LogP contribution in [0.25, 0.3) is 11.2 Å². The lowest BCUT2D eigenvalue weighted by molar-refractivity contribution is -0.0467. The molecule has 5 N–H and O–H groups in total. The maximum Gasteiger partial charge on any atom is 0.469 e. The third-order valence-corrected chi connectivity index (χ3v) is 4.09. The van der Waals surface area contributed by atoms with Gasteiger partial charge in [-0.3, -0.25) is 18.9 Å². The number of phosphoric ester groups is 1. The van der Waals surface area contributed by atoms with E-state index in [1.807, 2.05) is 5.92 Å². The Labute approximate surface area is 139 Å². The number of imidazole rings is 1. The van der Waals surface area contributed by atoms with Crippen LogP contribution >= 0.6 is 7.82 Å². The Morgan fingerprint density at radius 3 is 3.04 bits per heavy atom. The molecule has 0 bridgehead atoms. The van der Waals surface area contributed by atoms with Gasteiger partial charge < -0.3 is 20.3 Å². The van der Waals surface area contributed by atoms with Crippen molar-refractivity contribution in [2.24, 2.45) is 0 Å². The summed E-state index contributed by atoms with van der Waals surface area (Å²) in [4.78, 5) is 39.3. The number of ether oxygens (including phenoxy) is 1. The summed E-state index contributed by atoms with van der Waals surface area (Å²) < 4.78 is 36.7. The van der Waals surface area contributed by atoms with E-state index in [1.165, 1.54) is 0 Å². The van der Waals surface area contributed by atoms with Crippen molar-refractivity contribution in [2.75, 3.05) is 12.3 Å². The number of phosphoric acid groups is 1. The Kier molecular flexibility index (Phi) is 4.14. The number of alkyl halides is 1. The Morgan fingerprint density at radius 1 is 1.68 bits per heavy atom. The first-order valence-corrected chi connectivity index (χ1v) is 8.40. The maximum absolute atomic E-state index is 15.1. The zero-order chi connectivity index (χ0) is 18.4. The minimum Gasteiger partial charge on any atom is -0.369 e. The lowest BCUT2D eigenvalue weighted by Crippen LogP contribution is -2.29. The van der Waals surface area contributed by atoms with Crippen molar-refractivity contribution in [1.29, 1.82) is 0 Å². The largest absolute Gasteiger partial charge is 0.469 e. The first-order chi connectivity index (χ1) is 11.6. The van der Waals surface area contributed by atoms with Crippen LogP contribution in [0.4, 0.5) is 10.3 Å². The first-order valence-electron chi connectivity index (χ1n) is 6.87. The summed E-state index contributed by atoms with van der Waals surface area (Å²) in [6, 6.07) is 0. The van der Waals surface area contributed by atoms with Crippen molar-refractivity contribution in [3.05, 3.63) is 16.7 Å². The lowest BCUT2D eigenvalue weighted by Gasteiger charge is -2.21. The number of hydrogen-bond acceptors (Lipinski definition) is 7. The molecule has 0 spiro atoms. The van der Waals surface area contributed by atoms with Gasteiger partial charge in [-0.2, -0.15) is 4.98 Å². The van der Waals surface area contributed by atoms with E-state index in [0.29, 0.717) is 0 Å². The number of terminal acetylenes is 1. The summed E-state index contributed by atoms with van der Waals surface area (Å²) in [5, 5.41) is 0. The van der Waals surface area contributed by atoms with Crippen LogP contribution < -0.4 is 11.3 Å². The predicted octanol–water partition coefficient (Wildman–Crippen LogP) is -0.560. The SMILES string of the molecule is C#C[C@@]1(F)C[C@@H](COP(=O)(O)O)O[C@H]1n1cnc2c(=O)[nH]c(N)nc21. The molecule has 25 heavy (non-hydrogen) atoms. The van der Waals surface area contributed by atoms with Gasteiger partial charge in [-0.1, -0.05) is 5.92 Å². The van der Waals surface area contributed by atoms with Crippen LogP contribution in [-0.2, 0) is 13.8 Å². The van der Waals surface area contributed by atoms with Crippen molar-refractivity contribution in [1.82, 2.24) is 19.5 Å². The number of nitrogens with two attached hydrogens (primary N) is 1.